The van der Waals surface area contributed by atoms with E-state index in [1.807, 2.05) is 0 Å². The predicted molar refractivity (Wildman–Crippen MR) is 37.8 cm³/mol. The molecule has 0 N–H and O–H groups in total. The molecule has 1 atom stereocenters. The molecular weight excluding hydrogens is 152 g/mol. The molecule has 0 radical (unpaired) electrons. The zero-order chi connectivity index (χ0) is 5.86. The van der Waals surface area contributed by atoms with Crippen LogP contribution in [0, 0.1) is 11.8 Å². The fourth-order valence-corrected chi connectivity index (χ4v) is 0.926. The Labute approximate surface area is 54.4 Å². The summed E-state index contributed by atoms with van der Waals surface area (Å²) < 4.78 is 0. The quantitative estimate of drug-likeness (QED) is 0.552. The van der Waals surface area contributed by atoms with Crippen LogP contribution in [0.2, 0.25) is 0 Å². The summed E-state index contributed by atoms with van der Waals surface area (Å²) in [6.07, 6.45) is 0. The van der Waals surface area contributed by atoms with Gasteiger partial charge in [0.25, 0.3) is 0 Å². The smallest absolute Gasteiger partial charge is 0.00594 e. The van der Waals surface area contributed by atoms with E-state index in [0.717, 1.165) is 17.2 Å². The molecule has 0 aliphatic carbocycles. The summed E-state index contributed by atoms with van der Waals surface area (Å²) in [5.41, 5.74) is 0. The van der Waals surface area contributed by atoms with Crippen LogP contribution in [0.3, 0.4) is 0 Å². The van der Waals surface area contributed by atoms with Gasteiger partial charge in [-0.3, -0.25) is 0 Å². The Hall–Kier alpha value is 0.480. The van der Waals surface area contributed by atoms with Gasteiger partial charge >= 0.3 is 0 Å². The first-order valence-electron chi connectivity index (χ1n) is 2.74. The Bertz CT molecular complexity index is 41.4. The van der Waals surface area contributed by atoms with Crippen molar-refractivity contribution in [3.63, 3.8) is 0 Å². The maximum absolute atomic E-state index is 3.42. The summed E-state index contributed by atoms with van der Waals surface area (Å²) in [5, 5.41) is 1.13. The van der Waals surface area contributed by atoms with Gasteiger partial charge in [0, 0.05) is 5.33 Å². The van der Waals surface area contributed by atoms with Gasteiger partial charge in [-0.05, 0) is 11.8 Å². The molecule has 0 amide bonds. The molecule has 0 aromatic rings. The minimum Gasteiger partial charge on any atom is -0.0925 e. The molecule has 7 heavy (non-hydrogen) atoms. The van der Waals surface area contributed by atoms with Crippen molar-refractivity contribution in [2.45, 2.75) is 20.8 Å². The monoisotopic (exact) mass is 164 g/mol. The van der Waals surface area contributed by atoms with E-state index in [9.17, 15) is 0 Å². The summed E-state index contributed by atoms with van der Waals surface area (Å²) in [6, 6.07) is 0. The lowest BCUT2D eigenvalue weighted by molar-refractivity contribution is 0.467. The van der Waals surface area contributed by atoms with E-state index in [2.05, 4.69) is 36.7 Å². The van der Waals surface area contributed by atoms with Gasteiger partial charge in [-0.1, -0.05) is 36.7 Å². The standard InChI is InChI=1S/C6H13Br/c1-5(2)6(3)4-7/h5-6H,4H2,1-3H3/t6-/m0/s1. The Morgan fingerprint density at radius 2 is 1.71 bits per heavy atom. The molecule has 0 aromatic heterocycles. The van der Waals surface area contributed by atoms with Crippen molar-refractivity contribution >= 4 is 15.9 Å². The number of rotatable bonds is 2. The summed E-state index contributed by atoms with van der Waals surface area (Å²) >= 11 is 3.42. The number of hydrogen-bond acceptors (Lipinski definition) is 0. The predicted octanol–water partition coefficient (Wildman–Crippen LogP) is 2.67. The van der Waals surface area contributed by atoms with Gasteiger partial charge in [0.1, 0.15) is 0 Å². The van der Waals surface area contributed by atoms with E-state index < -0.39 is 0 Å². The molecule has 44 valence electrons. The third kappa shape index (κ3) is 3.10. The molecule has 0 saturated heterocycles. The van der Waals surface area contributed by atoms with Crippen LogP contribution in [0.25, 0.3) is 0 Å². The van der Waals surface area contributed by atoms with E-state index in [4.69, 9.17) is 0 Å². The summed E-state index contributed by atoms with van der Waals surface area (Å²) in [6.45, 7) is 6.73. The van der Waals surface area contributed by atoms with Crippen LogP contribution in [-0.2, 0) is 0 Å². The van der Waals surface area contributed by atoms with Gasteiger partial charge < -0.3 is 0 Å². The Morgan fingerprint density at radius 1 is 1.29 bits per heavy atom. The van der Waals surface area contributed by atoms with E-state index in [0.29, 0.717) is 0 Å². The third-order valence-electron chi connectivity index (χ3n) is 1.38. The van der Waals surface area contributed by atoms with Crippen molar-refractivity contribution in [2.24, 2.45) is 11.8 Å². The minimum absolute atomic E-state index is 0.819. The molecule has 0 aliphatic heterocycles. The topological polar surface area (TPSA) is 0 Å². The fraction of sp³-hybridized carbons (Fsp3) is 1.00. The van der Waals surface area contributed by atoms with Crippen LogP contribution in [-0.4, -0.2) is 5.33 Å². The molecule has 0 saturated carbocycles. The highest BCUT2D eigenvalue weighted by atomic mass is 79.9. The molecule has 0 spiro atoms. The molecule has 0 aliphatic rings. The molecular formula is C6H13Br. The van der Waals surface area contributed by atoms with Crippen LogP contribution >= 0.6 is 15.9 Å². The number of hydrogen-bond donors (Lipinski definition) is 0. The average Bonchev–Trinajstić information content (AvgIpc) is 1.65. The van der Waals surface area contributed by atoms with Crippen molar-refractivity contribution in [1.82, 2.24) is 0 Å². The van der Waals surface area contributed by atoms with E-state index in [1.165, 1.54) is 0 Å². The van der Waals surface area contributed by atoms with Crippen LogP contribution in [0.15, 0.2) is 0 Å². The summed E-state index contributed by atoms with van der Waals surface area (Å²) in [7, 11) is 0. The maximum atomic E-state index is 3.42. The normalized spacial score (nSPS) is 15.0. The summed E-state index contributed by atoms with van der Waals surface area (Å²) in [4.78, 5) is 0. The Kier molecular flexibility index (Phi) is 3.72. The SMILES string of the molecule is CC(C)[C@@H](C)CBr. The summed E-state index contributed by atoms with van der Waals surface area (Å²) in [5.74, 6) is 1.64. The zero-order valence-electron chi connectivity index (χ0n) is 5.24. The minimum atomic E-state index is 0.819. The van der Waals surface area contributed by atoms with Gasteiger partial charge in [0.15, 0.2) is 0 Å². The lowest BCUT2D eigenvalue weighted by Gasteiger charge is -2.09. The van der Waals surface area contributed by atoms with Crippen LogP contribution < -0.4 is 0 Å². The molecule has 0 unspecified atom stereocenters. The first-order chi connectivity index (χ1) is 3.18. The number of alkyl halides is 1. The van der Waals surface area contributed by atoms with Crippen LogP contribution in [0.1, 0.15) is 20.8 Å². The Balaban J connectivity index is 3.14. The lowest BCUT2D eigenvalue weighted by atomic mass is 10.0. The highest BCUT2D eigenvalue weighted by Gasteiger charge is 2.02. The highest BCUT2D eigenvalue weighted by molar-refractivity contribution is 9.09. The van der Waals surface area contributed by atoms with Crippen molar-refractivity contribution in [1.29, 1.82) is 0 Å². The molecule has 1 heteroatoms. The molecule has 0 heterocycles. The van der Waals surface area contributed by atoms with Gasteiger partial charge in [0.2, 0.25) is 0 Å². The second-order valence-corrected chi connectivity index (χ2v) is 3.02. The molecule has 0 bridgehead atoms. The Morgan fingerprint density at radius 3 is 1.71 bits per heavy atom. The second kappa shape index (κ2) is 3.48. The van der Waals surface area contributed by atoms with Crippen molar-refractivity contribution < 1.29 is 0 Å². The second-order valence-electron chi connectivity index (χ2n) is 2.38. The maximum Gasteiger partial charge on any atom is 0.00594 e. The molecule has 0 nitrogen and oxygen atoms in total. The third-order valence-corrected chi connectivity index (χ3v) is 2.40. The largest absolute Gasteiger partial charge is 0.0925 e. The molecule has 0 fully saturated rings. The zero-order valence-corrected chi connectivity index (χ0v) is 6.83. The van der Waals surface area contributed by atoms with Crippen molar-refractivity contribution in [2.75, 3.05) is 5.33 Å². The van der Waals surface area contributed by atoms with Crippen LogP contribution in [0.5, 0.6) is 0 Å². The van der Waals surface area contributed by atoms with Crippen molar-refractivity contribution in [3.8, 4) is 0 Å². The molecule has 0 rings (SSSR count). The fourth-order valence-electron chi connectivity index (χ4n) is 0.178. The number of halogens is 1. The lowest BCUT2D eigenvalue weighted by Crippen LogP contribution is -2.03. The average molecular weight is 165 g/mol. The van der Waals surface area contributed by atoms with E-state index in [-0.39, 0.29) is 0 Å². The highest BCUT2D eigenvalue weighted by Crippen LogP contribution is 2.10. The van der Waals surface area contributed by atoms with E-state index in [1.54, 1.807) is 0 Å². The first kappa shape index (κ1) is 7.48. The molecule has 0 aromatic carbocycles. The van der Waals surface area contributed by atoms with Gasteiger partial charge in [-0.25, -0.2) is 0 Å². The van der Waals surface area contributed by atoms with Gasteiger partial charge in [-0.15, -0.1) is 0 Å². The van der Waals surface area contributed by atoms with Crippen LogP contribution in [0.4, 0.5) is 0 Å². The van der Waals surface area contributed by atoms with Gasteiger partial charge in [0.05, 0.1) is 0 Å². The van der Waals surface area contributed by atoms with Gasteiger partial charge in [-0.2, -0.15) is 0 Å². The first-order valence-corrected chi connectivity index (χ1v) is 3.86. The van der Waals surface area contributed by atoms with E-state index >= 15 is 0 Å². The van der Waals surface area contributed by atoms with Crippen molar-refractivity contribution in [3.05, 3.63) is 0 Å².